The van der Waals surface area contributed by atoms with Gasteiger partial charge in [-0.25, -0.2) is 0 Å². The fraction of sp³-hybridized carbons (Fsp3) is 0.929. The number of amides is 1. The van der Waals surface area contributed by atoms with Gasteiger partial charge in [-0.2, -0.15) is 0 Å². The van der Waals surface area contributed by atoms with Gasteiger partial charge < -0.3 is 20.1 Å². The zero-order chi connectivity index (χ0) is 14.8. The minimum absolute atomic E-state index is 0.233. The second kappa shape index (κ2) is 10.1. The molecule has 1 heterocycles. The molecule has 0 saturated carbocycles. The van der Waals surface area contributed by atoms with Gasteiger partial charge >= 0.3 is 0 Å². The van der Waals surface area contributed by atoms with Crippen LogP contribution in [0.15, 0.2) is 0 Å². The summed E-state index contributed by atoms with van der Waals surface area (Å²) in [5, 5.41) is 0. The molecule has 1 rings (SSSR count). The van der Waals surface area contributed by atoms with Crippen molar-refractivity contribution >= 4 is 5.91 Å². The molecule has 1 fully saturated rings. The third-order valence-electron chi connectivity index (χ3n) is 3.76. The number of rotatable bonds is 9. The van der Waals surface area contributed by atoms with Crippen molar-refractivity contribution in [1.29, 1.82) is 0 Å². The van der Waals surface area contributed by atoms with Gasteiger partial charge in [0.2, 0.25) is 5.91 Å². The van der Waals surface area contributed by atoms with Crippen LogP contribution >= 0.6 is 0 Å². The Morgan fingerprint density at radius 2 is 1.70 bits per heavy atom. The predicted octanol–water partition coefficient (Wildman–Crippen LogP) is -0.0790. The zero-order valence-electron chi connectivity index (χ0n) is 12.8. The van der Waals surface area contributed by atoms with E-state index in [2.05, 4.69) is 4.90 Å². The Balaban J connectivity index is 2.27. The van der Waals surface area contributed by atoms with Gasteiger partial charge in [0.1, 0.15) is 0 Å². The second-order valence-corrected chi connectivity index (χ2v) is 5.30. The van der Waals surface area contributed by atoms with Crippen LogP contribution in [0.2, 0.25) is 0 Å². The lowest BCUT2D eigenvalue weighted by atomic mass is 10.1. The number of nitrogens with zero attached hydrogens (tertiary/aromatic N) is 2. The molecule has 0 spiro atoms. The average Bonchev–Trinajstić information content (AvgIpc) is 2.47. The van der Waals surface area contributed by atoms with Crippen LogP contribution in [0.25, 0.3) is 0 Å². The van der Waals surface area contributed by atoms with Crippen molar-refractivity contribution in [3.63, 3.8) is 0 Å². The summed E-state index contributed by atoms with van der Waals surface area (Å²) in [5.41, 5.74) is 5.86. The van der Waals surface area contributed by atoms with Crippen LogP contribution in [0.1, 0.15) is 19.3 Å². The smallest absolute Gasteiger partial charge is 0.223 e. The molecule has 1 saturated heterocycles. The van der Waals surface area contributed by atoms with Crippen molar-refractivity contribution in [3.05, 3.63) is 0 Å². The summed E-state index contributed by atoms with van der Waals surface area (Å²) in [6.07, 6.45) is 2.40. The van der Waals surface area contributed by atoms with E-state index in [0.717, 1.165) is 45.6 Å². The first-order valence-electron chi connectivity index (χ1n) is 7.41. The Morgan fingerprint density at radius 3 is 2.20 bits per heavy atom. The Kier molecular flexibility index (Phi) is 8.77. The Bertz CT molecular complexity index is 260. The van der Waals surface area contributed by atoms with Gasteiger partial charge in [-0.1, -0.05) is 0 Å². The van der Waals surface area contributed by atoms with Crippen LogP contribution in [-0.2, 0) is 14.3 Å². The lowest BCUT2D eigenvalue weighted by molar-refractivity contribution is -0.132. The fourth-order valence-corrected chi connectivity index (χ4v) is 2.34. The number of hydrogen-bond donors (Lipinski definition) is 1. The highest BCUT2D eigenvalue weighted by molar-refractivity contribution is 5.76. The van der Waals surface area contributed by atoms with E-state index in [1.807, 2.05) is 4.90 Å². The first-order valence-corrected chi connectivity index (χ1v) is 7.41. The van der Waals surface area contributed by atoms with E-state index < -0.39 is 0 Å². The normalized spacial score (nSPS) is 16.9. The lowest BCUT2D eigenvalue weighted by Gasteiger charge is -2.31. The van der Waals surface area contributed by atoms with Gasteiger partial charge in [0.25, 0.3) is 0 Å². The van der Waals surface area contributed by atoms with Crippen LogP contribution in [0.3, 0.4) is 0 Å². The molecule has 0 radical (unpaired) electrons. The topological polar surface area (TPSA) is 68.0 Å². The molecule has 1 amide bonds. The average molecular weight is 287 g/mol. The molecule has 6 heteroatoms. The van der Waals surface area contributed by atoms with Gasteiger partial charge in [0.15, 0.2) is 0 Å². The van der Waals surface area contributed by atoms with Gasteiger partial charge in [0.05, 0.1) is 13.2 Å². The summed E-state index contributed by atoms with van der Waals surface area (Å²) in [6.45, 7) is 5.38. The second-order valence-electron chi connectivity index (χ2n) is 5.30. The molecular weight excluding hydrogens is 258 g/mol. The number of ether oxygens (including phenoxy) is 2. The molecule has 1 aliphatic heterocycles. The number of methoxy groups -OCH3 is 2. The summed E-state index contributed by atoms with van der Waals surface area (Å²) < 4.78 is 10.2. The Labute approximate surface area is 122 Å². The summed E-state index contributed by atoms with van der Waals surface area (Å²) in [4.78, 5) is 16.3. The summed E-state index contributed by atoms with van der Waals surface area (Å²) >= 11 is 0. The monoisotopic (exact) mass is 287 g/mol. The maximum absolute atomic E-state index is 12.2. The third kappa shape index (κ3) is 6.65. The molecule has 6 nitrogen and oxygen atoms in total. The van der Waals surface area contributed by atoms with Gasteiger partial charge in [0, 0.05) is 59.4 Å². The molecule has 0 aromatic rings. The highest BCUT2D eigenvalue weighted by Gasteiger charge is 2.20. The van der Waals surface area contributed by atoms with Crippen LogP contribution in [-0.4, -0.2) is 81.9 Å². The number of nitrogens with two attached hydrogens (primary N) is 1. The van der Waals surface area contributed by atoms with E-state index in [9.17, 15) is 4.79 Å². The van der Waals surface area contributed by atoms with Gasteiger partial charge in [-0.15, -0.1) is 0 Å². The van der Waals surface area contributed by atoms with Crippen molar-refractivity contribution in [1.82, 2.24) is 9.80 Å². The number of hydrogen-bond acceptors (Lipinski definition) is 5. The Morgan fingerprint density at radius 1 is 1.15 bits per heavy atom. The molecule has 0 bridgehead atoms. The highest BCUT2D eigenvalue weighted by atomic mass is 16.5. The van der Waals surface area contributed by atoms with E-state index in [1.54, 1.807) is 14.2 Å². The van der Waals surface area contributed by atoms with Crippen molar-refractivity contribution in [2.24, 2.45) is 5.73 Å². The first kappa shape index (κ1) is 17.4. The molecule has 2 N–H and O–H groups in total. The Hall–Kier alpha value is -0.690. The number of carbonyl (C=O) groups excluding carboxylic acids is 1. The van der Waals surface area contributed by atoms with E-state index in [1.165, 1.54) is 0 Å². The van der Waals surface area contributed by atoms with E-state index in [0.29, 0.717) is 19.6 Å². The quantitative estimate of drug-likeness (QED) is 0.642. The van der Waals surface area contributed by atoms with E-state index in [-0.39, 0.29) is 11.9 Å². The summed E-state index contributed by atoms with van der Waals surface area (Å²) in [7, 11) is 3.38. The van der Waals surface area contributed by atoms with Crippen molar-refractivity contribution in [3.8, 4) is 0 Å². The van der Waals surface area contributed by atoms with Crippen molar-refractivity contribution in [2.75, 3.05) is 60.2 Å². The third-order valence-corrected chi connectivity index (χ3v) is 3.76. The summed E-state index contributed by atoms with van der Waals surface area (Å²) in [5.74, 6) is 0.233. The number of carbonyl (C=O) groups is 1. The zero-order valence-corrected chi connectivity index (χ0v) is 12.8. The van der Waals surface area contributed by atoms with Crippen LogP contribution in [0, 0.1) is 0 Å². The minimum Gasteiger partial charge on any atom is -0.383 e. The molecule has 0 unspecified atom stereocenters. The van der Waals surface area contributed by atoms with Crippen LogP contribution < -0.4 is 5.73 Å². The van der Waals surface area contributed by atoms with Crippen molar-refractivity contribution in [2.45, 2.75) is 25.3 Å². The number of piperidine rings is 1. The SMILES string of the molecule is COCCN(CCOC)CCC(=O)N1CCC(N)CC1. The maximum Gasteiger partial charge on any atom is 0.223 e. The maximum atomic E-state index is 12.2. The van der Waals surface area contributed by atoms with E-state index >= 15 is 0 Å². The standard InChI is InChI=1S/C14H29N3O3/c1-19-11-9-16(10-12-20-2)6-5-14(18)17-7-3-13(15)4-8-17/h13H,3-12,15H2,1-2H3. The molecule has 1 aliphatic rings. The van der Waals surface area contributed by atoms with E-state index in [4.69, 9.17) is 15.2 Å². The molecule has 118 valence electrons. The molecule has 0 aromatic heterocycles. The first-order chi connectivity index (χ1) is 9.67. The van der Waals surface area contributed by atoms with Crippen LogP contribution in [0.4, 0.5) is 0 Å². The van der Waals surface area contributed by atoms with Crippen LogP contribution in [0.5, 0.6) is 0 Å². The van der Waals surface area contributed by atoms with Gasteiger partial charge in [-0.3, -0.25) is 9.69 Å². The largest absolute Gasteiger partial charge is 0.383 e. The fourth-order valence-electron chi connectivity index (χ4n) is 2.34. The molecule has 0 aliphatic carbocycles. The van der Waals surface area contributed by atoms with Gasteiger partial charge in [-0.05, 0) is 12.8 Å². The molecule has 0 aromatic carbocycles. The van der Waals surface area contributed by atoms with Crippen molar-refractivity contribution < 1.29 is 14.3 Å². The molecule has 20 heavy (non-hydrogen) atoms. The predicted molar refractivity (Wildman–Crippen MR) is 78.6 cm³/mol. The lowest BCUT2D eigenvalue weighted by Crippen LogP contribution is -2.44. The molecular formula is C14H29N3O3. The summed E-state index contributed by atoms with van der Waals surface area (Å²) in [6, 6.07) is 0.263. The minimum atomic E-state index is 0.233. The highest BCUT2D eigenvalue weighted by Crippen LogP contribution is 2.09. The number of likely N-dealkylation sites (tertiary alicyclic amines) is 1. The molecule has 0 atom stereocenters.